The van der Waals surface area contributed by atoms with E-state index in [0.717, 1.165) is 0 Å². The molecule has 0 aromatic rings. The predicted molar refractivity (Wildman–Crippen MR) is 41.5 cm³/mol. The second-order valence-electron chi connectivity index (χ2n) is 2.65. The third-order valence-electron chi connectivity index (χ3n) is 1.41. The summed E-state index contributed by atoms with van der Waals surface area (Å²) in [4.78, 5) is 31.0. The summed E-state index contributed by atoms with van der Waals surface area (Å²) in [6.45, 7) is 0. The van der Waals surface area contributed by atoms with Crippen LogP contribution in [0.5, 0.6) is 0 Å². The smallest absolute Gasteiger partial charge is 0.332 e. The van der Waals surface area contributed by atoms with Gasteiger partial charge in [0, 0.05) is 12.8 Å². The van der Waals surface area contributed by atoms with Gasteiger partial charge in [0.25, 0.3) is 0 Å². The quantitative estimate of drug-likeness (QED) is 0.404. The number of carbonyl (C=O) groups excluding carboxylic acids is 1. The number of hydrogen-bond donors (Lipinski definition) is 4. The number of hydrogen-bond acceptors (Lipinski definition) is 5. The molecule has 4 N–H and O–H groups in total. The molecule has 0 heterocycles. The Balaban J connectivity index is 3.99. The molecular weight excluding hydrogens is 196 g/mol. The van der Waals surface area contributed by atoms with E-state index in [1.165, 1.54) is 0 Å². The first-order valence-electron chi connectivity index (χ1n) is 3.68. The van der Waals surface area contributed by atoms with Crippen LogP contribution < -0.4 is 0 Å². The van der Waals surface area contributed by atoms with Gasteiger partial charge in [-0.1, -0.05) is 0 Å². The molecule has 0 aliphatic heterocycles. The Hall–Kier alpha value is -1.47. The summed E-state index contributed by atoms with van der Waals surface area (Å²) in [6.07, 6.45) is -5.13. The van der Waals surface area contributed by atoms with Crippen LogP contribution in [0.25, 0.3) is 0 Å². The zero-order valence-electron chi connectivity index (χ0n) is 7.08. The van der Waals surface area contributed by atoms with Gasteiger partial charge in [0.2, 0.25) is 0 Å². The zero-order valence-corrected chi connectivity index (χ0v) is 7.08. The molecule has 0 rings (SSSR count). The van der Waals surface area contributed by atoms with Crippen molar-refractivity contribution in [3.8, 4) is 0 Å². The highest BCUT2D eigenvalue weighted by molar-refractivity contribution is 5.88. The van der Waals surface area contributed by atoms with Crippen LogP contribution in [0, 0.1) is 0 Å². The lowest BCUT2D eigenvalue weighted by Gasteiger charge is -2.06. The lowest BCUT2D eigenvalue weighted by atomic mass is 10.1. The molecular formula is C7H10O7. The number of aliphatic hydroxyl groups is 2. The van der Waals surface area contributed by atoms with Crippen LogP contribution in [-0.2, 0) is 14.4 Å². The molecule has 0 aliphatic carbocycles. The molecule has 0 spiro atoms. The maximum absolute atomic E-state index is 10.8. The summed E-state index contributed by atoms with van der Waals surface area (Å²) in [7, 11) is 0. The zero-order chi connectivity index (χ0) is 11.3. The fourth-order valence-corrected chi connectivity index (χ4v) is 0.689. The third kappa shape index (κ3) is 4.53. The van der Waals surface area contributed by atoms with Crippen molar-refractivity contribution < 1.29 is 34.8 Å². The molecule has 0 radical (unpaired) electrons. The van der Waals surface area contributed by atoms with Gasteiger partial charge in [0.05, 0.1) is 0 Å². The first kappa shape index (κ1) is 12.5. The fraction of sp³-hybridized carbons (Fsp3) is 0.571. The molecule has 0 amide bonds. The predicted octanol–water partition coefficient (Wildman–Crippen LogP) is -1.77. The van der Waals surface area contributed by atoms with Gasteiger partial charge >= 0.3 is 11.9 Å². The summed E-state index contributed by atoms with van der Waals surface area (Å²) < 4.78 is 0. The minimum Gasteiger partial charge on any atom is -0.479 e. The minimum absolute atomic E-state index is 0.709. The molecule has 0 bridgehead atoms. The minimum atomic E-state index is -1.86. The van der Waals surface area contributed by atoms with Gasteiger partial charge < -0.3 is 20.4 Å². The van der Waals surface area contributed by atoms with Crippen LogP contribution in [0.1, 0.15) is 12.8 Å². The Kier molecular flexibility index (Phi) is 4.74. The molecule has 0 aromatic heterocycles. The summed E-state index contributed by atoms with van der Waals surface area (Å²) in [6, 6.07) is 0. The highest BCUT2D eigenvalue weighted by Crippen LogP contribution is 2.01. The molecule has 0 aliphatic rings. The number of carboxylic acids is 2. The maximum atomic E-state index is 10.8. The SMILES string of the molecule is O=C(C[C@@H](O)C(=O)O)C[C@@H](O)C(=O)O. The van der Waals surface area contributed by atoms with E-state index in [1.807, 2.05) is 0 Å². The second-order valence-corrected chi connectivity index (χ2v) is 2.65. The molecule has 0 aromatic carbocycles. The van der Waals surface area contributed by atoms with E-state index < -0.39 is 42.8 Å². The van der Waals surface area contributed by atoms with Crippen molar-refractivity contribution in [1.82, 2.24) is 0 Å². The van der Waals surface area contributed by atoms with Crippen molar-refractivity contribution in [3.63, 3.8) is 0 Å². The first-order chi connectivity index (χ1) is 6.34. The Labute approximate surface area is 78.6 Å². The van der Waals surface area contributed by atoms with Gasteiger partial charge in [-0.2, -0.15) is 0 Å². The lowest BCUT2D eigenvalue weighted by molar-refractivity contribution is -0.151. The number of ketones is 1. The maximum Gasteiger partial charge on any atom is 0.332 e. The van der Waals surface area contributed by atoms with Crippen LogP contribution in [0.2, 0.25) is 0 Å². The molecule has 80 valence electrons. The van der Waals surface area contributed by atoms with E-state index in [9.17, 15) is 14.4 Å². The standard InChI is InChI=1S/C7H10O7/c8-3(1-4(9)6(11)12)2-5(10)7(13)14/h4-5,9-10H,1-2H2,(H,11,12)(H,13,14)/t4-,5-/m1/s1. The lowest BCUT2D eigenvalue weighted by Crippen LogP contribution is -2.28. The van der Waals surface area contributed by atoms with Crippen LogP contribution in [0.4, 0.5) is 0 Å². The Morgan fingerprint density at radius 3 is 1.36 bits per heavy atom. The van der Waals surface area contributed by atoms with Gasteiger partial charge in [-0.15, -0.1) is 0 Å². The Morgan fingerprint density at radius 1 is 0.857 bits per heavy atom. The summed E-state index contributed by atoms with van der Waals surface area (Å²) in [5.74, 6) is -3.96. The summed E-state index contributed by atoms with van der Waals surface area (Å²) in [5.41, 5.74) is 0. The fourth-order valence-electron chi connectivity index (χ4n) is 0.689. The van der Waals surface area contributed by atoms with Gasteiger partial charge in [-0.25, -0.2) is 9.59 Å². The molecule has 7 heteroatoms. The van der Waals surface area contributed by atoms with Gasteiger partial charge in [0.15, 0.2) is 12.2 Å². The third-order valence-corrected chi connectivity index (χ3v) is 1.41. The number of Topliss-reactive ketones (excluding diaryl/α,β-unsaturated/α-hetero) is 1. The largest absolute Gasteiger partial charge is 0.479 e. The van der Waals surface area contributed by atoms with E-state index >= 15 is 0 Å². The molecule has 0 unspecified atom stereocenters. The number of carboxylic acid groups (broad SMARTS) is 2. The van der Waals surface area contributed by atoms with E-state index in [-0.39, 0.29) is 0 Å². The van der Waals surface area contributed by atoms with Gasteiger partial charge in [-0.3, -0.25) is 4.79 Å². The second kappa shape index (κ2) is 5.30. The van der Waals surface area contributed by atoms with Crippen LogP contribution in [-0.4, -0.2) is 50.4 Å². The van der Waals surface area contributed by atoms with Gasteiger partial charge in [-0.05, 0) is 0 Å². The number of rotatable bonds is 6. The summed E-state index contributed by atoms with van der Waals surface area (Å²) in [5, 5.41) is 33.8. The number of aliphatic hydroxyl groups excluding tert-OH is 2. The Morgan fingerprint density at radius 2 is 1.14 bits per heavy atom. The normalized spacial score (nSPS) is 14.4. The average molecular weight is 206 g/mol. The average Bonchev–Trinajstić information content (AvgIpc) is 2.03. The van der Waals surface area contributed by atoms with Crippen LogP contribution in [0.3, 0.4) is 0 Å². The summed E-state index contributed by atoms with van der Waals surface area (Å²) >= 11 is 0. The molecule has 2 atom stereocenters. The van der Waals surface area contributed by atoms with Gasteiger partial charge in [0.1, 0.15) is 5.78 Å². The van der Waals surface area contributed by atoms with Crippen molar-refractivity contribution in [2.24, 2.45) is 0 Å². The van der Waals surface area contributed by atoms with E-state index in [4.69, 9.17) is 20.4 Å². The molecule has 7 nitrogen and oxygen atoms in total. The molecule has 0 saturated heterocycles. The Bertz CT molecular complexity index is 222. The van der Waals surface area contributed by atoms with Crippen molar-refractivity contribution in [2.75, 3.05) is 0 Å². The topological polar surface area (TPSA) is 132 Å². The highest BCUT2D eigenvalue weighted by atomic mass is 16.4. The van der Waals surface area contributed by atoms with Crippen LogP contribution >= 0.6 is 0 Å². The molecule has 0 saturated carbocycles. The van der Waals surface area contributed by atoms with E-state index in [2.05, 4.69) is 0 Å². The van der Waals surface area contributed by atoms with E-state index in [0.29, 0.717) is 0 Å². The van der Waals surface area contributed by atoms with Crippen molar-refractivity contribution in [1.29, 1.82) is 0 Å². The van der Waals surface area contributed by atoms with Crippen molar-refractivity contribution >= 4 is 17.7 Å². The van der Waals surface area contributed by atoms with Crippen LogP contribution in [0.15, 0.2) is 0 Å². The molecule has 0 fully saturated rings. The number of aliphatic carboxylic acids is 2. The van der Waals surface area contributed by atoms with Crippen molar-refractivity contribution in [2.45, 2.75) is 25.0 Å². The van der Waals surface area contributed by atoms with Crippen molar-refractivity contribution in [3.05, 3.63) is 0 Å². The first-order valence-corrected chi connectivity index (χ1v) is 3.68. The van der Waals surface area contributed by atoms with E-state index in [1.54, 1.807) is 0 Å². The number of carbonyl (C=O) groups is 3. The monoisotopic (exact) mass is 206 g/mol. The highest BCUT2D eigenvalue weighted by Gasteiger charge is 2.22. The molecule has 14 heavy (non-hydrogen) atoms.